The third-order valence-electron chi connectivity index (χ3n) is 6.24. The third-order valence-corrected chi connectivity index (χ3v) is 6.24. The number of aromatic nitrogens is 2. The van der Waals surface area contributed by atoms with Crippen LogP contribution in [-0.4, -0.2) is 39.7 Å². The van der Waals surface area contributed by atoms with Crippen molar-refractivity contribution >= 4 is 5.91 Å². The first-order valence-corrected chi connectivity index (χ1v) is 10.6. The van der Waals surface area contributed by atoms with E-state index in [0.717, 1.165) is 24.9 Å². The molecule has 0 aliphatic heterocycles. The Labute approximate surface area is 178 Å². The van der Waals surface area contributed by atoms with Crippen molar-refractivity contribution in [1.82, 2.24) is 20.0 Å². The molecule has 0 saturated carbocycles. The van der Waals surface area contributed by atoms with E-state index in [-0.39, 0.29) is 11.4 Å². The van der Waals surface area contributed by atoms with Crippen LogP contribution in [-0.2, 0) is 37.6 Å². The quantitative estimate of drug-likeness (QED) is 0.630. The van der Waals surface area contributed by atoms with E-state index >= 15 is 0 Å². The Hall–Kier alpha value is -2.92. The maximum absolute atomic E-state index is 12.6. The second-order valence-corrected chi connectivity index (χ2v) is 8.49. The molecule has 1 heterocycles. The van der Waals surface area contributed by atoms with Gasteiger partial charge in [0.15, 0.2) is 0 Å². The molecule has 1 N–H and O–H groups in total. The SMILES string of the molecule is CN(Cc1ccccc1)C1(CNC(=O)CCc2cnn(C)c2)Cc2ccccc2C1. The molecule has 5 heteroatoms. The number of nitrogens with zero attached hydrogens (tertiary/aromatic N) is 3. The fourth-order valence-electron chi connectivity index (χ4n) is 4.44. The number of carbonyl (C=O) groups excluding carboxylic acids is 1. The lowest BCUT2D eigenvalue weighted by molar-refractivity contribution is -0.121. The normalized spacial score (nSPS) is 14.6. The Morgan fingerprint density at radius 2 is 1.73 bits per heavy atom. The Balaban J connectivity index is 1.43. The molecule has 156 valence electrons. The van der Waals surface area contributed by atoms with Gasteiger partial charge in [-0.2, -0.15) is 5.10 Å². The summed E-state index contributed by atoms with van der Waals surface area (Å²) >= 11 is 0. The van der Waals surface area contributed by atoms with Crippen LogP contribution in [0.25, 0.3) is 0 Å². The van der Waals surface area contributed by atoms with Gasteiger partial charge < -0.3 is 5.32 Å². The molecular weight excluding hydrogens is 372 g/mol. The lowest BCUT2D eigenvalue weighted by atomic mass is 9.92. The summed E-state index contributed by atoms with van der Waals surface area (Å²) in [4.78, 5) is 15.0. The number of hydrogen-bond donors (Lipinski definition) is 1. The van der Waals surface area contributed by atoms with E-state index in [1.807, 2.05) is 25.5 Å². The van der Waals surface area contributed by atoms with Gasteiger partial charge >= 0.3 is 0 Å². The van der Waals surface area contributed by atoms with Crippen molar-refractivity contribution in [1.29, 1.82) is 0 Å². The third kappa shape index (κ3) is 4.62. The summed E-state index contributed by atoms with van der Waals surface area (Å²) in [6, 6.07) is 19.2. The summed E-state index contributed by atoms with van der Waals surface area (Å²) in [7, 11) is 4.08. The second-order valence-electron chi connectivity index (χ2n) is 8.49. The molecule has 5 nitrogen and oxygen atoms in total. The second kappa shape index (κ2) is 8.84. The molecule has 1 aliphatic carbocycles. The van der Waals surface area contributed by atoms with Crippen molar-refractivity contribution in [3.8, 4) is 0 Å². The molecule has 0 saturated heterocycles. The van der Waals surface area contributed by atoms with Crippen molar-refractivity contribution < 1.29 is 4.79 Å². The number of carbonyl (C=O) groups is 1. The van der Waals surface area contributed by atoms with E-state index in [4.69, 9.17) is 0 Å². The molecule has 0 bridgehead atoms. The minimum absolute atomic E-state index is 0.0993. The van der Waals surface area contributed by atoms with Gasteiger partial charge in [0.05, 0.1) is 6.20 Å². The van der Waals surface area contributed by atoms with Gasteiger partial charge in [-0.1, -0.05) is 54.6 Å². The lowest BCUT2D eigenvalue weighted by Crippen LogP contribution is -2.54. The topological polar surface area (TPSA) is 50.2 Å². The van der Waals surface area contributed by atoms with Crippen LogP contribution in [0.3, 0.4) is 0 Å². The molecule has 0 fully saturated rings. The zero-order chi connectivity index (χ0) is 21.0. The zero-order valence-corrected chi connectivity index (χ0v) is 17.8. The number of amides is 1. The molecule has 30 heavy (non-hydrogen) atoms. The van der Waals surface area contributed by atoms with Crippen molar-refractivity contribution in [3.63, 3.8) is 0 Å². The largest absolute Gasteiger partial charge is 0.354 e. The van der Waals surface area contributed by atoms with E-state index in [2.05, 4.69) is 70.9 Å². The van der Waals surface area contributed by atoms with Crippen LogP contribution in [0.5, 0.6) is 0 Å². The van der Waals surface area contributed by atoms with Crippen molar-refractivity contribution in [2.24, 2.45) is 7.05 Å². The first kappa shape index (κ1) is 20.4. The number of hydrogen-bond acceptors (Lipinski definition) is 3. The average molecular weight is 403 g/mol. The highest BCUT2D eigenvalue weighted by atomic mass is 16.1. The Bertz CT molecular complexity index is 970. The Morgan fingerprint density at radius 3 is 2.37 bits per heavy atom. The van der Waals surface area contributed by atoms with Gasteiger partial charge in [0.25, 0.3) is 0 Å². The maximum atomic E-state index is 12.6. The number of fused-ring (bicyclic) bond motifs is 1. The smallest absolute Gasteiger partial charge is 0.220 e. The summed E-state index contributed by atoms with van der Waals surface area (Å²) in [5.41, 5.74) is 5.06. The molecule has 2 aromatic carbocycles. The molecule has 0 spiro atoms. The first-order valence-electron chi connectivity index (χ1n) is 10.6. The van der Waals surface area contributed by atoms with Crippen molar-refractivity contribution in [3.05, 3.63) is 89.2 Å². The fraction of sp³-hybridized carbons (Fsp3) is 0.360. The maximum Gasteiger partial charge on any atom is 0.220 e. The van der Waals surface area contributed by atoms with Crippen LogP contribution in [0, 0.1) is 0 Å². The highest BCUT2D eigenvalue weighted by molar-refractivity contribution is 5.76. The minimum Gasteiger partial charge on any atom is -0.354 e. The summed E-state index contributed by atoms with van der Waals surface area (Å²) in [5, 5.41) is 7.42. The lowest BCUT2D eigenvalue weighted by Gasteiger charge is -2.39. The molecule has 0 radical (unpaired) electrons. The molecule has 1 aliphatic rings. The number of benzene rings is 2. The van der Waals surface area contributed by atoms with Gasteiger partial charge in [-0.25, -0.2) is 0 Å². The van der Waals surface area contributed by atoms with Crippen molar-refractivity contribution in [2.75, 3.05) is 13.6 Å². The van der Waals surface area contributed by atoms with Crippen LogP contribution in [0.1, 0.15) is 28.7 Å². The summed E-state index contributed by atoms with van der Waals surface area (Å²) < 4.78 is 1.77. The highest BCUT2D eigenvalue weighted by Gasteiger charge is 2.40. The van der Waals surface area contributed by atoms with Crippen LogP contribution < -0.4 is 5.32 Å². The van der Waals surface area contributed by atoms with E-state index in [9.17, 15) is 4.79 Å². The molecule has 1 amide bonds. The zero-order valence-electron chi connectivity index (χ0n) is 17.8. The molecule has 3 aromatic rings. The minimum atomic E-state index is -0.108. The molecule has 0 atom stereocenters. The molecule has 4 rings (SSSR count). The van der Waals surface area contributed by atoms with Crippen LogP contribution in [0.15, 0.2) is 67.0 Å². The molecular formula is C25H30N4O. The summed E-state index contributed by atoms with van der Waals surface area (Å²) in [6.45, 7) is 1.51. The number of rotatable bonds is 8. The van der Waals surface area contributed by atoms with Gasteiger partial charge in [-0.3, -0.25) is 14.4 Å². The van der Waals surface area contributed by atoms with E-state index < -0.39 is 0 Å². The number of likely N-dealkylation sites (N-methyl/N-ethyl adjacent to an activating group) is 1. The Morgan fingerprint density at radius 1 is 1.07 bits per heavy atom. The van der Waals surface area contributed by atoms with Gasteiger partial charge in [0.2, 0.25) is 5.91 Å². The predicted octanol–water partition coefficient (Wildman–Crippen LogP) is 3.14. The van der Waals surface area contributed by atoms with Gasteiger partial charge in [0, 0.05) is 38.3 Å². The number of nitrogens with one attached hydrogen (secondary N) is 1. The highest BCUT2D eigenvalue weighted by Crippen LogP contribution is 2.34. The fourth-order valence-corrected chi connectivity index (χ4v) is 4.44. The molecule has 1 aromatic heterocycles. The van der Waals surface area contributed by atoms with Crippen LogP contribution in [0.2, 0.25) is 0 Å². The van der Waals surface area contributed by atoms with Crippen LogP contribution >= 0.6 is 0 Å². The van der Waals surface area contributed by atoms with Gasteiger partial charge in [-0.15, -0.1) is 0 Å². The number of aryl methyl sites for hydroxylation is 2. The van der Waals surface area contributed by atoms with Gasteiger partial charge in [0.1, 0.15) is 0 Å². The Kier molecular flexibility index (Phi) is 6.00. The average Bonchev–Trinajstić information content (AvgIpc) is 3.35. The van der Waals surface area contributed by atoms with E-state index in [1.165, 1.54) is 16.7 Å². The summed E-state index contributed by atoms with van der Waals surface area (Å²) in [5.74, 6) is 0.0993. The van der Waals surface area contributed by atoms with Crippen molar-refractivity contribution in [2.45, 2.75) is 37.8 Å². The predicted molar refractivity (Wildman–Crippen MR) is 119 cm³/mol. The standard InChI is InChI=1S/C25H30N4O/c1-28(17-20-8-4-3-5-9-20)25(14-22-10-6-7-11-23(22)15-25)19-26-24(30)13-12-21-16-27-29(2)18-21/h3-11,16,18H,12-15,17,19H2,1-2H3,(H,26,30). The van der Waals surface area contributed by atoms with E-state index in [1.54, 1.807) is 4.68 Å². The van der Waals surface area contributed by atoms with Crippen LogP contribution in [0.4, 0.5) is 0 Å². The monoisotopic (exact) mass is 402 g/mol. The van der Waals surface area contributed by atoms with Gasteiger partial charge in [-0.05, 0) is 48.6 Å². The molecule has 0 unspecified atom stereocenters. The van der Waals surface area contributed by atoms with E-state index in [0.29, 0.717) is 19.4 Å². The summed E-state index contributed by atoms with van der Waals surface area (Å²) in [6.07, 6.45) is 6.90. The first-order chi connectivity index (χ1) is 14.5.